The summed E-state index contributed by atoms with van der Waals surface area (Å²) < 4.78 is 5.12. The summed E-state index contributed by atoms with van der Waals surface area (Å²) in [7, 11) is 1.44. The smallest absolute Gasteiger partial charge is 0.285 e. The number of thioether (sulfide) groups is 1. The summed E-state index contributed by atoms with van der Waals surface area (Å²) >= 11 is 1.36. The molecule has 0 saturated carbocycles. The van der Waals surface area contributed by atoms with Crippen LogP contribution in [0, 0.1) is 10.1 Å². The third kappa shape index (κ3) is 5.89. The zero-order valence-corrected chi connectivity index (χ0v) is 15.2. The van der Waals surface area contributed by atoms with Gasteiger partial charge in [0.1, 0.15) is 11.3 Å². The van der Waals surface area contributed by atoms with Gasteiger partial charge in [-0.05, 0) is 25.8 Å². The number of carbonyl (C=O) groups is 1. The minimum atomic E-state index is -0.574. The lowest BCUT2D eigenvalue weighted by molar-refractivity contribution is -0.385. The fraction of sp³-hybridized carbons (Fsp3) is 0.500. The summed E-state index contributed by atoms with van der Waals surface area (Å²) in [6.45, 7) is 5.08. The Morgan fingerprint density at radius 2 is 2.13 bits per heavy atom. The maximum absolute atomic E-state index is 12.3. The molecule has 0 heterocycles. The number of ether oxygens (including phenoxy) is 1. The Kier molecular flexibility index (Phi) is 9.62. The maximum atomic E-state index is 12.3. The van der Waals surface area contributed by atoms with Crippen LogP contribution in [0.1, 0.15) is 24.2 Å². The number of hydrogen-bond acceptors (Lipinski definition) is 6. The second-order valence-corrected chi connectivity index (χ2v) is 5.50. The van der Waals surface area contributed by atoms with E-state index in [1.807, 2.05) is 20.1 Å². The largest absolute Gasteiger partial charge is 0.495 e. The van der Waals surface area contributed by atoms with Crippen LogP contribution in [0.5, 0.6) is 5.75 Å². The van der Waals surface area contributed by atoms with Crippen molar-refractivity contribution in [3.05, 3.63) is 27.8 Å². The molecule has 0 fully saturated rings. The average molecular weight is 364 g/mol. The molecule has 0 aliphatic carbocycles. The maximum Gasteiger partial charge on any atom is 0.285 e. The zero-order valence-electron chi connectivity index (χ0n) is 13.5. The van der Waals surface area contributed by atoms with Crippen LogP contribution in [0.2, 0.25) is 0 Å². The molecule has 1 rings (SSSR count). The number of likely N-dealkylation sites (N-methyl/N-ethyl adjacent to an activating group) is 1. The molecular formula is C14H22ClN3O4S. The molecule has 1 aromatic rings. The summed E-state index contributed by atoms with van der Waals surface area (Å²) in [6.07, 6.45) is 1.82. The van der Waals surface area contributed by atoms with Crippen LogP contribution < -0.4 is 15.4 Å². The molecular weight excluding hydrogens is 342 g/mol. The summed E-state index contributed by atoms with van der Waals surface area (Å²) in [6, 6.07) is 2.87. The van der Waals surface area contributed by atoms with E-state index in [2.05, 4.69) is 10.6 Å². The van der Waals surface area contributed by atoms with E-state index in [-0.39, 0.29) is 29.7 Å². The van der Waals surface area contributed by atoms with Gasteiger partial charge in [-0.1, -0.05) is 6.92 Å². The lowest BCUT2D eigenvalue weighted by atomic mass is 10.1. The molecule has 0 aliphatic rings. The van der Waals surface area contributed by atoms with Crippen LogP contribution in [0.15, 0.2) is 17.0 Å². The number of carbonyl (C=O) groups excluding carboxylic acids is 1. The Labute approximate surface area is 146 Å². The molecule has 0 spiro atoms. The van der Waals surface area contributed by atoms with E-state index in [1.165, 1.54) is 31.0 Å². The van der Waals surface area contributed by atoms with Gasteiger partial charge in [0.2, 0.25) is 0 Å². The van der Waals surface area contributed by atoms with Gasteiger partial charge in [-0.2, -0.15) is 0 Å². The van der Waals surface area contributed by atoms with Crippen molar-refractivity contribution in [3.63, 3.8) is 0 Å². The van der Waals surface area contributed by atoms with Gasteiger partial charge in [-0.25, -0.2) is 0 Å². The van der Waals surface area contributed by atoms with Gasteiger partial charge in [-0.15, -0.1) is 24.2 Å². The van der Waals surface area contributed by atoms with Crippen molar-refractivity contribution in [3.8, 4) is 5.75 Å². The predicted octanol–water partition coefficient (Wildman–Crippen LogP) is 2.47. The van der Waals surface area contributed by atoms with E-state index in [9.17, 15) is 14.9 Å². The molecule has 23 heavy (non-hydrogen) atoms. The van der Waals surface area contributed by atoms with Gasteiger partial charge in [0.15, 0.2) is 0 Å². The molecule has 0 aliphatic heterocycles. The molecule has 2 N–H and O–H groups in total. The SMILES string of the molecule is CCN[C@H](C)CNC(=O)c1cc(SC)c(OC)cc1[N+](=O)[O-].Cl. The normalized spacial score (nSPS) is 11.3. The van der Waals surface area contributed by atoms with Gasteiger partial charge in [0, 0.05) is 12.6 Å². The topological polar surface area (TPSA) is 93.5 Å². The molecule has 0 bridgehead atoms. The monoisotopic (exact) mass is 363 g/mol. The first-order valence-electron chi connectivity index (χ1n) is 6.86. The highest BCUT2D eigenvalue weighted by Crippen LogP contribution is 2.34. The Morgan fingerprint density at radius 3 is 2.61 bits per heavy atom. The standard InChI is InChI=1S/C14H21N3O4S.ClH/c1-5-15-9(2)8-16-14(18)10-6-13(22-4)12(21-3)7-11(10)17(19)20;/h6-7,9,15H,5,8H2,1-4H3,(H,16,18);1H/t9-;/m1./s1. The Balaban J connectivity index is 0.00000484. The quantitative estimate of drug-likeness (QED) is 0.418. The van der Waals surface area contributed by atoms with Gasteiger partial charge < -0.3 is 15.4 Å². The number of nitrogens with zero attached hydrogens (tertiary/aromatic N) is 1. The highest BCUT2D eigenvalue weighted by atomic mass is 35.5. The molecule has 7 nitrogen and oxygen atoms in total. The summed E-state index contributed by atoms with van der Waals surface area (Å²) in [5, 5.41) is 17.1. The average Bonchev–Trinajstić information content (AvgIpc) is 2.51. The second-order valence-electron chi connectivity index (χ2n) is 4.65. The number of amides is 1. The Morgan fingerprint density at radius 1 is 1.48 bits per heavy atom. The fourth-order valence-corrected chi connectivity index (χ4v) is 2.54. The zero-order chi connectivity index (χ0) is 16.7. The molecule has 1 atom stereocenters. The first kappa shape index (κ1) is 21.5. The first-order valence-corrected chi connectivity index (χ1v) is 8.09. The summed E-state index contributed by atoms with van der Waals surface area (Å²) in [4.78, 5) is 23.5. The minimum absolute atomic E-state index is 0. The van der Waals surface area contributed by atoms with E-state index < -0.39 is 10.8 Å². The predicted molar refractivity (Wildman–Crippen MR) is 94.1 cm³/mol. The van der Waals surface area contributed by atoms with Crippen LogP contribution >= 0.6 is 24.2 Å². The molecule has 1 amide bonds. The van der Waals surface area contributed by atoms with Crippen molar-refractivity contribution in [2.45, 2.75) is 24.8 Å². The Hall–Kier alpha value is -1.51. The van der Waals surface area contributed by atoms with E-state index in [4.69, 9.17) is 4.74 Å². The Bertz CT molecular complexity index is 557. The van der Waals surface area contributed by atoms with E-state index in [0.717, 1.165) is 6.54 Å². The fourth-order valence-electron chi connectivity index (χ4n) is 1.96. The highest BCUT2D eigenvalue weighted by molar-refractivity contribution is 7.98. The van der Waals surface area contributed by atoms with E-state index in [0.29, 0.717) is 17.2 Å². The van der Waals surface area contributed by atoms with Crippen LogP contribution in [0.4, 0.5) is 5.69 Å². The minimum Gasteiger partial charge on any atom is -0.495 e. The summed E-state index contributed by atoms with van der Waals surface area (Å²) in [5.74, 6) is -0.0776. The van der Waals surface area contributed by atoms with Crippen molar-refractivity contribution in [2.24, 2.45) is 0 Å². The number of benzene rings is 1. The lowest BCUT2D eigenvalue weighted by Gasteiger charge is -2.14. The van der Waals surface area contributed by atoms with Crippen LogP contribution in [0.25, 0.3) is 0 Å². The van der Waals surface area contributed by atoms with Crippen LogP contribution in [0.3, 0.4) is 0 Å². The number of methoxy groups -OCH3 is 1. The molecule has 130 valence electrons. The number of rotatable bonds is 8. The second kappa shape index (κ2) is 10.3. The first-order chi connectivity index (χ1) is 10.4. The third-order valence-electron chi connectivity index (χ3n) is 3.06. The van der Waals surface area contributed by atoms with Crippen LogP contribution in [-0.4, -0.2) is 43.3 Å². The van der Waals surface area contributed by atoms with Crippen molar-refractivity contribution >= 4 is 35.8 Å². The van der Waals surface area contributed by atoms with Gasteiger partial charge in [-0.3, -0.25) is 14.9 Å². The van der Waals surface area contributed by atoms with Crippen molar-refractivity contribution in [1.82, 2.24) is 10.6 Å². The molecule has 0 unspecified atom stereocenters. The van der Waals surface area contributed by atoms with Gasteiger partial charge >= 0.3 is 0 Å². The molecule has 9 heteroatoms. The molecule has 1 aromatic carbocycles. The number of hydrogen-bond donors (Lipinski definition) is 2. The number of halogens is 1. The molecule has 0 saturated heterocycles. The number of nitrogens with one attached hydrogen (secondary N) is 2. The van der Waals surface area contributed by atoms with Crippen molar-refractivity contribution in [1.29, 1.82) is 0 Å². The van der Waals surface area contributed by atoms with Gasteiger partial charge in [0.25, 0.3) is 11.6 Å². The highest BCUT2D eigenvalue weighted by Gasteiger charge is 2.23. The molecule has 0 aromatic heterocycles. The number of nitro benzene ring substituents is 1. The molecule has 0 radical (unpaired) electrons. The summed E-state index contributed by atoms with van der Waals surface area (Å²) in [5.41, 5.74) is -0.220. The van der Waals surface area contributed by atoms with Crippen molar-refractivity contribution < 1.29 is 14.5 Å². The van der Waals surface area contributed by atoms with Gasteiger partial charge in [0.05, 0.1) is 23.0 Å². The number of nitro groups is 1. The van der Waals surface area contributed by atoms with Crippen LogP contribution in [-0.2, 0) is 0 Å². The lowest BCUT2D eigenvalue weighted by Crippen LogP contribution is -2.39. The van der Waals surface area contributed by atoms with E-state index in [1.54, 1.807) is 0 Å². The van der Waals surface area contributed by atoms with Crippen molar-refractivity contribution in [2.75, 3.05) is 26.5 Å². The van der Waals surface area contributed by atoms with E-state index >= 15 is 0 Å². The third-order valence-corrected chi connectivity index (χ3v) is 3.82.